The van der Waals surface area contributed by atoms with Crippen molar-refractivity contribution < 1.29 is 26.3 Å². The molecule has 0 aliphatic rings. The highest BCUT2D eigenvalue weighted by Crippen LogP contribution is 2.33. The van der Waals surface area contributed by atoms with Crippen molar-refractivity contribution >= 4 is 49.9 Å². The van der Waals surface area contributed by atoms with Crippen LogP contribution < -0.4 is 14.8 Å². The average molecular weight is 510 g/mol. The first-order valence-electron chi connectivity index (χ1n) is 9.50. The Hall–Kier alpha value is -3.64. The smallest absolute Gasteiger partial charge is 0.262 e. The number of methoxy groups -OCH3 is 1. The van der Waals surface area contributed by atoms with E-state index in [-0.39, 0.29) is 27.8 Å². The lowest BCUT2D eigenvalue weighted by Crippen LogP contribution is -2.17. The second-order valence-corrected chi connectivity index (χ2v) is 8.98. The number of benzene rings is 2. The van der Waals surface area contributed by atoms with E-state index in [0.29, 0.717) is 5.52 Å². The van der Waals surface area contributed by atoms with Crippen molar-refractivity contribution in [2.75, 3.05) is 17.1 Å². The lowest BCUT2D eigenvalue weighted by molar-refractivity contribution is 0.384. The number of hydrogen-bond donors (Lipinski definition) is 2. The maximum absolute atomic E-state index is 15.2. The van der Waals surface area contributed by atoms with Crippen LogP contribution in [0.3, 0.4) is 0 Å². The Labute approximate surface area is 196 Å². The van der Waals surface area contributed by atoms with E-state index in [1.165, 1.54) is 20.1 Å². The predicted octanol–water partition coefficient (Wildman–Crippen LogP) is 4.96. The fraction of sp³-hybridized carbons (Fsp3) is 0.0952. The number of rotatable bonds is 6. The summed E-state index contributed by atoms with van der Waals surface area (Å²) < 4.78 is 76.6. The molecular formula is C21H15ClF3N5O3S. The van der Waals surface area contributed by atoms with Gasteiger partial charge in [-0.25, -0.2) is 36.5 Å². The van der Waals surface area contributed by atoms with Gasteiger partial charge in [-0.3, -0.25) is 4.72 Å². The molecular weight excluding hydrogens is 495 g/mol. The summed E-state index contributed by atoms with van der Waals surface area (Å²) in [7, 11) is -3.21. The van der Waals surface area contributed by atoms with Crippen molar-refractivity contribution in [3.05, 3.63) is 70.9 Å². The van der Waals surface area contributed by atoms with Crippen LogP contribution in [0.4, 0.5) is 30.4 Å². The molecule has 176 valence electrons. The Bertz CT molecular complexity index is 1540. The van der Waals surface area contributed by atoms with Crippen molar-refractivity contribution in [1.82, 2.24) is 15.0 Å². The monoisotopic (exact) mass is 509 g/mol. The summed E-state index contributed by atoms with van der Waals surface area (Å²) in [6.45, 7) is 1.23. The molecule has 0 unspecified atom stereocenters. The number of halogens is 4. The van der Waals surface area contributed by atoms with Gasteiger partial charge < -0.3 is 10.1 Å². The minimum absolute atomic E-state index is 0.0571. The van der Waals surface area contributed by atoms with Gasteiger partial charge >= 0.3 is 0 Å². The van der Waals surface area contributed by atoms with E-state index in [2.05, 4.69) is 20.3 Å². The normalized spacial score (nSPS) is 11.5. The number of pyridine rings is 1. The van der Waals surface area contributed by atoms with Gasteiger partial charge in [0, 0.05) is 5.56 Å². The first-order valence-corrected chi connectivity index (χ1v) is 11.4. The van der Waals surface area contributed by atoms with E-state index in [1.54, 1.807) is 6.07 Å². The number of nitrogens with one attached hydrogen (secondary N) is 2. The fourth-order valence-electron chi connectivity index (χ4n) is 3.16. The van der Waals surface area contributed by atoms with Crippen LogP contribution in [0, 0.1) is 24.4 Å². The van der Waals surface area contributed by atoms with Crippen LogP contribution in [0.25, 0.3) is 11.0 Å². The number of anilines is 3. The second kappa shape index (κ2) is 8.95. The van der Waals surface area contributed by atoms with Gasteiger partial charge in [0.2, 0.25) is 0 Å². The lowest BCUT2D eigenvalue weighted by Gasteiger charge is -2.15. The Morgan fingerprint density at radius 3 is 2.50 bits per heavy atom. The van der Waals surface area contributed by atoms with E-state index in [9.17, 15) is 17.2 Å². The van der Waals surface area contributed by atoms with Gasteiger partial charge in [-0.2, -0.15) is 0 Å². The van der Waals surface area contributed by atoms with E-state index in [0.717, 1.165) is 30.6 Å². The summed E-state index contributed by atoms with van der Waals surface area (Å²) in [5.41, 5.74) is -1.01. The molecule has 0 spiro atoms. The quantitative estimate of drug-likeness (QED) is 0.354. The van der Waals surface area contributed by atoms with E-state index in [4.69, 9.17) is 16.3 Å². The third kappa shape index (κ3) is 4.29. The average Bonchev–Trinajstić information content (AvgIpc) is 2.80. The lowest BCUT2D eigenvalue weighted by atomic mass is 10.2. The summed E-state index contributed by atoms with van der Waals surface area (Å²) in [5, 5.41) is 2.58. The van der Waals surface area contributed by atoms with E-state index in [1.807, 2.05) is 4.72 Å². The predicted molar refractivity (Wildman–Crippen MR) is 120 cm³/mol. The number of ether oxygens (including phenoxy) is 1. The maximum atomic E-state index is 15.2. The molecule has 8 nitrogen and oxygen atoms in total. The second-order valence-electron chi connectivity index (χ2n) is 6.94. The largest absolute Gasteiger partial charge is 0.494 e. The zero-order valence-corrected chi connectivity index (χ0v) is 19.1. The summed E-state index contributed by atoms with van der Waals surface area (Å²) >= 11 is 5.90. The molecule has 13 heteroatoms. The van der Waals surface area contributed by atoms with Crippen LogP contribution in [0.5, 0.6) is 5.75 Å². The van der Waals surface area contributed by atoms with Crippen molar-refractivity contribution in [3.8, 4) is 5.75 Å². The molecule has 2 heterocycles. The first-order chi connectivity index (χ1) is 16.1. The number of hydrogen-bond acceptors (Lipinski definition) is 7. The highest BCUT2D eigenvalue weighted by Gasteiger charge is 2.24. The first kappa shape index (κ1) is 23.5. The highest BCUT2D eigenvalue weighted by atomic mass is 35.5. The number of aromatic nitrogens is 3. The summed E-state index contributed by atoms with van der Waals surface area (Å²) in [6.07, 6.45) is 1.16. The topological polar surface area (TPSA) is 106 Å². The third-order valence-corrected chi connectivity index (χ3v) is 6.56. The third-order valence-electron chi connectivity index (χ3n) is 4.84. The molecule has 0 saturated carbocycles. The van der Waals surface area contributed by atoms with E-state index >= 15 is 4.39 Å². The molecule has 0 bridgehead atoms. The van der Waals surface area contributed by atoms with Crippen molar-refractivity contribution in [3.63, 3.8) is 0 Å². The minimum Gasteiger partial charge on any atom is -0.494 e. The Kier molecular flexibility index (Phi) is 6.19. The van der Waals surface area contributed by atoms with Gasteiger partial charge in [0.15, 0.2) is 23.2 Å². The summed E-state index contributed by atoms with van der Waals surface area (Å²) in [5.74, 6) is -3.38. The zero-order valence-electron chi connectivity index (χ0n) is 17.5. The summed E-state index contributed by atoms with van der Waals surface area (Å²) in [4.78, 5) is 11.6. The van der Waals surface area contributed by atoms with Gasteiger partial charge in [0.05, 0.1) is 23.2 Å². The van der Waals surface area contributed by atoms with E-state index < -0.39 is 43.7 Å². The zero-order chi connectivity index (χ0) is 24.6. The fourth-order valence-corrected chi connectivity index (χ4v) is 4.61. The van der Waals surface area contributed by atoms with Gasteiger partial charge in [0.25, 0.3) is 10.0 Å². The SMILES string of the molecule is COc1ccc(S(=O)(=O)Nc2ccc(F)c(Nc3ncnc4ccc(Cl)nc34)c2F)c(C)c1F. The van der Waals surface area contributed by atoms with Gasteiger partial charge in [-0.1, -0.05) is 11.6 Å². The molecule has 2 aromatic carbocycles. The van der Waals surface area contributed by atoms with Crippen molar-refractivity contribution in [2.45, 2.75) is 11.8 Å². The van der Waals surface area contributed by atoms with Crippen LogP contribution >= 0.6 is 11.6 Å². The van der Waals surface area contributed by atoms with Crippen LogP contribution in [0.2, 0.25) is 5.15 Å². The van der Waals surface area contributed by atoms with Crippen LogP contribution in [0.15, 0.2) is 47.6 Å². The van der Waals surface area contributed by atoms with Crippen molar-refractivity contribution in [2.24, 2.45) is 0 Å². The molecule has 4 rings (SSSR count). The molecule has 0 radical (unpaired) electrons. The molecule has 0 amide bonds. The van der Waals surface area contributed by atoms with Crippen LogP contribution in [-0.2, 0) is 10.0 Å². The minimum atomic E-state index is -4.45. The molecule has 2 aromatic heterocycles. The molecule has 34 heavy (non-hydrogen) atoms. The number of nitrogens with zero attached hydrogens (tertiary/aromatic N) is 3. The highest BCUT2D eigenvalue weighted by molar-refractivity contribution is 7.92. The van der Waals surface area contributed by atoms with Gasteiger partial charge in [0.1, 0.15) is 28.5 Å². The summed E-state index contributed by atoms with van der Waals surface area (Å²) in [6, 6.07) is 7.03. The Balaban J connectivity index is 1.73. The molecule has 0 aliphatic heterocycles. The van der Waals surface area contributed by atoms with Crippen molar-refractivity contribution in [1.29, 1.82) is 0 Å². The molecule has 4 aromatic rings. The molecule has 0 fully saturated rings. The maximum Gasteiger partial charge on any atom is 0.262 e. The standard InChI is InChI=1S/C21H15ClF3N5O3S/c1-10-15(7-6-14(33-2)17(10)24)34(31,32)30-12-4-3-11(23)19(18(12)25)29-21-20-13(26-9-27-21)5-8-16(22)28-20/h3-9,30H,1-2H3,(H,26,27,29). The van der Waals surface area contributed by atoms with Crippen LogP contribution in [-0.4, -0.2) is 30.5 Å². The molecule has 2 N–H and O–H groups in total. The van der Waals surface area contributed by atoms with Gasteiger partial charge in [-0.05, 0) is 43.3 Å². The Morgan fingerprint density at radius 1 is 1.00 bits per heavy atom. The molecule has 0 atom stereocenters. The van der Waals surface area contributed by atoms with Gasteiger partial charge in [-0.15, -0.1) is 0 Å². The number of sulfonamides is 1. The molecule has 0 aliphatic carbocycles. The Morgan fingerprint density at radius 2 is 1.76 bits per heavy atom. The molecule has 0 saturated heterocycles. The van der Waals surface area contributed by atoms with Crippen LogP contribution in [0.1, 0.15) is 5.56 Å². The number of fused-ring (bicyclic) bond motifs is 1.